The summed E-state index contributed by atoms with van der Waals surface area (Å²) in [6.45, 7) is 3.35. The second-order valence-corrected chi connectivity index (χ2v) is 4.39. The van der Waals surface area contributed by atoms with Gasteiger partial charge in [-0.1, -0.05) is 29.8 Å². The molecule has 2 rings (SSSR count). The van der Waals surface area contributed by atoms with Gasteiger partial charge in [-0.3, -0.25) is 4.90 Å². The Morgan fingerprint density at radius 3 is 2.67 bits per heavy atom. The molecule has 0 aromatic heterocycles. The predicted octanol–water partition coefficient (Wildman–Crippen LogP) is 2.31. The average Bonchev–Trinajstić information content (AvgIpc) is 2.15. The highest BCUT2D eigenvalue weighted by Gasteiger charge is 2.25. The van der Waals surface area contributed by atoms with E-state index in [-0.39, 0.29) is 0 Å². The molecule has 0 amide bonds. The van der Waals surface area contributed by atoms with Gasteiger partial charge in [0.2, 0.25) is 0 Å². The van der Waals surface area contributed by atoms with Crippen molar-refractivity contribution in [2.75, 3.05) is 26.7 Å². The standard InChI is InChI=1S/C12H17ClN2/c1-14-9-12(15-7-4-8-15)10-5-2-3-6-11(10)13/h2-3,5-6,12,14H,4,7-9H2,1H3. The molecule has 1 N–H and O–H groups in total. The van der Waals surface area contributed by atoms with Crippen molar-refractivity contribution in [3.8, 4) is 0 Å². The summed E-state index contributed by atoms with van der Waals surface area (Å²) in [5.41, 5.74) is 1.24. The van der Waals surface area contributed by atoms with Gasteiger partial charge in [-0.25, -0.2) is 0 Å². The molecule has 1 fully saturated rings. The van der Waals surface area contributed by atoms with E-state index in [0.29, 0.717) is 6.04 Å². The van der Waals surface area contributed by atoms with Crippen LogP contribution in [0, 0.1) is 0 Å². The number of likely N-dealkylation sites (N-methyl/N-ethyl adjacent to an activating group) is 1. The summed E-state index contributed by atoms with van der Waals surface area (Å²) in [6.07, 6.45) is 1.31. The quantitative estimate of drug-likeness (QED) is 0.845. The Balaban J connectivity index is 2.19. The number of halogens is 1. The fraction of sp³-hybridized carbons (Fsp3) is 0.500. The van der Waals surface area contributed by atoms with E-state index in [0.717, 1.165) is 11.6 Å². The summed E-state index contributed by atoms with van der Waals surface area (Å²) in [7, 11) is 1.99. The van der Waals surface area contributed by atoms with E-state index in [1.165, 1.54) is 25.1 Å². The maximum atomic E-state index is 6.23. The second kappa shape index (κ2) is 4.97. The molecule has 1 aromatic carbocycles. The SMILES string of the molecule is CNCC(c1ccccc1Cl)N1CCC1. The number of hydrogen-bond donors (Lipinski definition) is 1. The number of nitrogens with zero attached hydrogens (tertiary/aromatic N) is 1. The lowest BCUT2D eigenvalue weighted by atomic mass is 10.0. The van der Waals surface area contributed by atoms with Gasteiger partial charge in [0.15, 0.2) is 0 Å². The Labute approximate surface area is 96.2 Å². The van der Waals surface area contributed by atoms with Crippen molar-refractivity contribution in [2.45, 2.75) is 12.5 Å². The summed E-state index contributed by atoms with van der Waals surface area (Å²) in [5.74, 6) is 0. The summed E-state index contributed by atoms with van der Waals surface area (Å²) >= 11 is 6.23. The van der Waals surface area contributed by atoms with Crippen molar-refractivity contribution < 1.29 is 0 Å². The van der Waals surface area contributed by atoms with Gasteiger partial charge >= 0.3 is 0 Å². The van der Waals surface area contributed by atoms with Crippen LogP contribution in [0.2, 0.25) is 5.02 Å². The average molecular weight is 225 g/mol. The molecule has 82 valence electrons. The van der Waals surface area contributed by atoms with Crippen LogP contribution in [0.25, 0.3) is 0 Å². The third-order valence-corrected chi connectivity index (χ3v) is 3.34. The lowest BCUT2D eigenvalue weighted by molar-refractivity contribution is 0.117. The van der Waals surface area contributed by atoms with Gasteiger partial charge in [-0.05, 0) is 25.1 Å². The molecule has 1 unspecified atom stereocenters. The molecule has 0 saturated carbocycles. The molecule has 2 nitrogen and oxygen atoms in total. The van der Waals surface area contributed by atoms with Gasteiger partial charge < -0.3 is 5.32 Å². The topological polar surface area (TPSA) is 15.3 Å². The highest BCUT2D eigenvalue weighted by atomic mass is 35.5. The van der Waals surface area contributed by atoms with Crippen LogP contribution in [0.3, 0.4) is 0 Å². The predicted molar refractivity (Wildman–Crippen MR) is 64.3 cm³/mol. The molecular formula is C12H17ClN2. The lowest BCUT2D eigenvalue weighted by Gasteiger charge is -2.39. The molecule has 1 aliphatic rings. The summed E-state index contributed by atoms with van der Waals surface area (Å²) in [4.78, 5) is 2.47. The Kier molecular flexibility index (Phi) is 3.62. The van der Waals surface area contributed by atoms with Crippen molar-refractivity contribution in [3.63, 3.8) is 0 Å². The Morgan fingerprint density at radius 2 is 2.13 bits per heavy atom. The first-order valence-electron chi connectivity index (χ1n) is 5.46. The third-order valence-electron chi connectivity index (χ3n) is 2.99. The minimum absolute atomic E-state index is 0.428. The fourth-order valence-corrected chi connectivity index (χ4v) is 2.29. The van der Waals surface area contributed by atoms with Gasteiger partial charge in [0.1, 0.15) is 0 Å². The maximum absolute atomic E-state index is 6.23. The molecule has 1 heterocycles. The van der Waals surface area contributed by atoms with E-state index in [4.69, 9.17) is 11.6 Å². The lowest BCUT2D eigenvalue weighted by Crippen LogP contribution is -2.43. The van der Waals surface area contributed by atoms with E-state index in [2.05, 4.69) is 22.3 Å². The molecule has 0 aliphatic carbocycles. The van der Waals surface area contributed by atoms with Gasteiger partial charge in [0.25, 0.3) is 0 Å². The smallest absolute Gasteiger partial charge is 0.0487 e. The molecule has 0 bridgehead atoms. The Hall–Kier alpha value is -0.570. The third kappa shape index (κ3) is 2.33. The monoisotopic (exact) mass is 224 g/mol. The van der Waals surface area contributed by atoms with Crippen LogP contribution >= 0.6 is 11.6 Å². The zero-order valence-electron chi connectivity index (χ0n) is 9.04. The van der Waals surface area contributed by atoms with E-state index >= 15 is 0 Å². The first kappa shape index (κ1) is 10.9. The van der Waals surface area contributed by atoms with Gasteiger partial charge in [-0.2, -0.15) is 0 Å². The summed E-state index contributed by atoms with van der Waals surface area (Å²) in [5, 5.41) is 4.12. The van der Waals surface area contributed by atoms with Crippen molar-refractivity contribution in [1.82, 2.24) is 10.2 Å². The van der Waals surface area contributed by atoms with E-state index in [1.54, 1.807) is 0 Å². The zero-order valence-corrected chi connectivity index (χ0v) is 9.80. The number of rotatable bonds is 4. The number of nitrogens with one attached hydrogen (secondary N) is 1. The van der Waals surface area contributed by atoms with Crippen LogP contribution in [-0.4, -0.2) is 31.6 Å². The van der Waals surface area contributed by atoms with E-state index in [9.17, 15) is 0 Å². The highest BCUT2D eigenvalue weighted by molar-refractivity contribution is 6.31. The van der Waals surface area contributed by atoms with Gasteiger partial charge in [0, 0.05) is 30.7 Å². The normalized spacial score (nSPS) is 18.5. The molecule has 0 spiro atoms. The molecule has 1 aromatic rings. The minimum Gasteiger partial charge on any atom is -0.318 e. The largest absolute Gasteiger partial charge is 0.318 e. The van der Waals surface area contributed by atoms with Crippen LogP contribution < -0.4 is 5.32 Å². The number of likely N-dealkylation sites (tertiary alicyclic amines) is 1. The van der Waals surface area contributed by atoms with E-state index < -0.39 is 0 Å². The van der Waals surface area contributed by atoms with Crippen LogP contribution in [0.4, 0.5) is 0 Å². The van der Waals surface area contributed by atoms with Crippen LogP contribution in [0.1, 0.15) is 18.0 Å². The molecule has 15 heavy (non-hydrogen) atoms. The van der Waals surface area contributed by atoms with Crippen LogP contribution in [-0.2, 0) is 0 Å². The molecule has 1 aliphatic heterocycles. The van der Waals surface area contributed by atoms with Crippen LogP contribution in [0.15, 0.2) is 24.3 Å². The van der Waals surface area contributed by atoms with Gasteiger partial charge in [0.05, 0.1) is 0 Å². The molecule has 3 heteroatoms. The Morgan fingerprint density at radius 1 is 1.40 bits per heavy atom. The van der Waals surface area contributed by atoms with Crippen molar-refractivity contribution >= 4 is 11.6 Å². The summed E-state index contributed by atoms with van der Waals surface area (Å²) < 4.78 is 0. The fourth-order valence-electron chi connectivity index (χ4n) is 2.03. The zero-order chi connectivity index (χ0) is 10.7. The highest BCUT2D eigenvalue weighted by Crippen LogP contribution is 2.29. The first-order valence-corrected chi connectivity index (χ1v) is 5.84. The number of benzene rings is 1. The first-order chi connectivity index (χ1) is 7.33. The number of hydrogen-bond acceptors (Lipinski definition) is 2. The van der Waals surface area contributed by atoms with Gasteiger partial charge in [-0.15, -0.1) is 0 Å². The van der Waals surface area contributed by atoms with Crippen molar-refractivity contribution in [1.29, 1.82) is 0 Å². The van der Waals surface area contributed by atoms with E-state index in [1.807, 2.05) is 19.2 Å². The molecule has 1 saturated heterocycles. The molecule has 0 radical (unpaired) electrons. The van der Waals surface area contributed by atoms with Crippen LogP contribution in [0.5, 0.6) is 0 Å². The van der Waals surface area contributed by atoms with Crippen molar-refractivity contribution in [3.05, 3.63) is 34.9 Å². The second-order valence-electron chi connectivity index (χ2n) is 3.98. The maximum Gasteiger partial charge on any atom is 0.0487 e. The summed E-state index contributed by atoms with van der Waals surface area (Å²) in [6, 6.07) is 8.57. The molecular weight excluding hydrogens is 208 g/mol. The molecule has 1 atom stereocenters. The minimum atomic E-state index is 0.428. The Bertz CT molecular complexity index is 323. The van der Waals surface area contributed by atoms with Crippen molar-refractivity contribution in [2.24, 2.45) is 0 Å².